The molecule has 38 heavy (non-hydrogen) atoms. The number of ether oxygens (including phenoxy) is 1. The van der Waals surface area contributed by atoms with Crippen molar-refractivity contribution in [3.05, 3.63) is 85.9 Å². The minimum Gasteiger partial charge on any atom is -0.495 e. The average molecular weight is 592 g/mol. The fourth-order valence-corrected chi connectivity index (χ4v) is 5.22. The second kappa shape index (κ2) is 11.1. The van der Waals surface area contributed by atoms with Gasteiger partial charge in [-0.3, -0.25) is 19.2 Å². The molecule has 202 valence electrons. The number of rotatable bonds is 8. The van der Waals surface area contributed by atoms with Gasteiger partial charge in [0.1, 0.15) is 12.3 Å². The Morgan fingerprint density at radius 1 is 1.11 bits per heavy atom. The van der Waals surface area contributed by atoms with Gasteiger partial charge in [0, 0.05) is 22.3 Å². The number of sulfonamides is 1. The maximum absolute atomic E-state index is 13.7. The Balaban J connectivity index is 2.08. The van der Waals surface area contributed by atoms with E-state index < -0.39 is 54.7 Å². The van der Waals surface area contributed by atoms with Gasteiger partial charge in [-0.15, -0.1) is 0 Å². The van der Waals surface area contributed by atoms with Gasteiger partial charge in [-0.05, 0) is 49.4 Å². The topological polar surface area (TPSA) is 119 Å². The summed E-state index contributed by atoms with van der Waals surface area (Å²) in [7, 11) is -3.44. The van der Waals surface area contributed by atoms with Crippen LogP contribution in [0.1, 0.15) is 11.1 Å². The van der Waals surface area contributed by atoms with Gasteiger partial charge in [-0.1, -0.05) is 29.3 Å². The number of anilines is 2. The molecule has 15 heteroatoms. The van der Waals surface area contributed by atoms with Crippen LogP contribution in [-0.4, -0.2) is 32.9 Å². The van der Waals surface area contributed by atoms with Crippen LogP contribution in [0.15, 0.2) is 59.5 Å². The maximum atomic E-state index is 13.7. The second-order valence-electron chi connectivity index (χ2n) is 7.77. The van der Waals surface area contributed by atoms with Crippen LogP contribution in [0.3, 0.4) is 0 Å². The van der Waals surface area contributed by atoms with E-state index in [1.54, 1.807) is 0 Å². The number of amides is 1. The Hall–Kier alpha value is -3.55. The van der Waals surface area contributed by atoms with Crippen molar-refractivity contribution in [2.24, 2.45) is 0 Å². The molecule has 3 rings (SSSR count). The SMILES string of the molecule is COc1ccc(Cl)cc1N(CC(=O)Nc1ccc(Cl)c(C(F)(F)F)c1)S(=O)(=O)c1ccc(C)c([N+](=O)[O-])c1. The normalized spacial score (nSPS) is 11.7. The molecule has 0 aromatic heterocycles. The lowest BCUT2D eigenvalue weighted by atomic mass is 10.2. The third-order valence-corrected chi connectivity index (χ3v) is 7.54. The van der Waals surface area contributed by atoms with Crippen molar-refractivity contribution in [3.63, 3.8) is 0 Å². The van der Waals surface area contributed by atoms with Gasteiger partial charge >= 0.3 is 6.18 Å². The second-order valence-corrected chi connectivity index (χ2v) is 10.5. The van der Waals surface area contributed by atoms with E-state index in [0.29, 0.717) is 10.4 Å². The molecule has 0 aliphatic heterocycles. The van der Waals surface area contributed by atoms with Crippen molar-refractivity contribution in [3.8, 4) is 5.75 Å². The van der Waals surface area contributed by atoms with Gasteiger partial charge in [-0.25, -0.2) is 8.42 Å². The van der Waals surface area contributed by atoms with Crippen LogP contribution < -0.4 is 14.4 Å². The van der Waals surface area contributed by atoms with E-state index in [-0.39, 0.29) is 27.7 Å². The van der Waals surface area contributed by atoms with Crippen molar-refractivity contribution in [2.75, 3.05) is 23.3 Å². The standard InChI is InChI=1S/C23H18Cl2F3N3O6S/c1-13-3-6-16(11-19(13)31(33)34)38(35,36)30(20-9-14(24)4-8-21(20)37-2)12-22(32)29-15-5-7-18(25)17(10-15)23(26,27)28/h3-11H,12H2,1-2H3,(H,29,32). The van der Waals surface area contributed by atoms with E-state index in [1.165, 1.54) is 38.3 Å². The predicted octanol–water partition coefficient (Wildman–Crippen LogP) is 6.07. The molecule has 0 saturated heterocycles. The van der Waals surface area contributed by atoms with E-state index in [4.69, 9.17) is 27.9 Å². The number of aryl methyl sites for hydroxylation is 1. The Morgan fingerprint density at radius 2 is 1.79 bits per heavy atom. The lowest BCUT2D eigenvalue weighted by Crippen LogP contribution is -2.38. The highest BCUT2D eigenvalue weighted by molar-refractivity contribution is 7.92. The zero-order valence-corrected chi connectivity index (χ0v) is 21.9. The Bertz CT molecular complexity index is 1520. The van der Waals surface area contributed by atoms with Crippen LogP contribution in [0.4, 0.5) is 30.2 Å². The number of benzene rings is 3. The minimum absolute atomic E-state index is 0.0155. The summed E-state index contributed by atoms with van der Waals surface area (Å²) in [5.41, 5.74) is -1.97. The van der Waals surface area contributed by atoms with E-state index in [9.17, 15) is 36.5 Å². The van der Waals surface area contributed by atoms with Crippen molar-refractivity contribution >= 4 is 56.2 Å². The first kappa shape index (κ1) is 29.0. The van der Waals surface area contributed by atoms with Crippen LogP contribution >= 0.6 is 23.2 Å². The number of nitro groups is 1. The number of nitrogens with zero attached hydrogens (tertiary/aromatic N) is 2. The first-order valence-corrected chi connectivity index (χ1v) is 12.6. The molecule has 3 aromatic carbocycles. The molecule has 0 atom stereocenters. The highest BCUT2D eigenvalue weighted by atomic mass is 35.5. The van der Waals surface area contributed by atoms with E-state index in [2.05, 4.69) is 5.32 Å². The van der Waals surface area contributed by atoms with E-state index in [0.717, 1.165) is 24.3 Å². The van der Waals surface area contributed by atoms with Gasteiger partial charge < -0.3 is 10.1 Å². The molecule has 0 bridgehead atoms. The molecular weight excluding hydrogens is 574 g/mol. The third kappa shape index (κ3) is 6.29. The molecule has 0 aliphatic carbocycles. The Morgan fingerprint density at radius 3 is 2.39 bits per heavy atom. The molecule has 0 unspecified atom stereocenters. The number of nitro benzene ring substituents is 1. The van der Waals surface area contributed by atoms with E-state index in [1.807, 2.05) is 0 Å². The van der Waals surface area contributed by atoms with Crippen LogP contribution in [0, 0.1) is 17.0 Å². The Labute approximate surface area is 224 Å². The molecule has 1 amide bonds. The lowest BCUT2D eigenvalue weighted by Gasteiger charge is -2.26. The summed E-state index contributed by atoms with van der Waals surface area (Å²) < 4.78 is 72.8. The van der Waals surface area contributed by atoms with E-state index >= 15 is 0 Å². The van der Waals surface area contributed by atoms with Crippen LogP contribution in [0.25, 0.3) is 0 Å². The van der Waals surface area contributed by atoms with Crippen LogP contribution in [0.2, 0.25) is 10.0 Å². The molecule has 0 radical (unpaired) electrons. The summed E-state index contributed by atoms with van der Waals surface area (Å²) >= 11 is 11.7. The smallest absolute Gasteiger partial charge is 0.417 e. The molecule has 0 saturated carbocycles. The third-order valence-electron chi connectivity index (χ3n) is 5.22. The highest BCUT2D eigenvalue weighted by Crippen LogP contribution is 2.37. The maximum Gasteiger partial charge on any atom is 0.417 e. The number of methoxy groups -OCH3 is 1. The number of halogens is 5. The lowest BCUT2D eigenvalue weighted by molar-refractivity contribution is -0.385. The highest BCUT2D eigenvalue weighted by Gasteiger charge is 2.34. The Kier molecular flexibility index (Phi) is 8.44. The van der Waals surface area contributed by atoms with Crippen molar-refractivity contribution in [2.45, 2.75) is 18.0 Å². The zero-order chi connectivity index (χ0) is 28.4. The monoisotopic (exact) mass is 591 g/mol. The fraction of sp³-hybridized carbons (Fsp3) is 0.174. The molecule has 9 nitrogen and oxygen atoms in total. The summed E-state index contributed by atoms with van der Waals surface area (Å²) in [6.07, 6.45) is -4.80. The molecule has 0 spiro atoms. The molecule has 0 heterocycles. The largest absolute Gasteiger partial charge is 0.495 e. The predicted molar refractivity (Wildman–Crippen MR) is 135 cm³/mol. The molecular formula is C23H18Cl2F3N3O6S. The fourth-order valence-electron chi connectivity index (χ4n) is 3.38. The van der Waals surface area contributed by atoms with Crippen molar-refractivity contribution < 1.29 is 36.0 Å². The minimum atomic E-state index is -4.80. The van der Waals surface area contributed by atoms with Crippen molar-refractivity contribution in [1.29, 1.82) is 0 Å². The van der Waals surface area contributed by atoms with Crippen molar-refractivity contribution in [1.82, 2.24) is 0 Å². The summed E-state index contributed by atoms with van der Waals surface area (Å²) in [5.74, 6) is -1.05. The number of nitrogens with one attached hydrogen (secondary N) is 1. The molecule has 0 fully saturated rings. The number of alkyl halides is 3. The molecule has 3 aromatic rings. The number of carbonyl (C=O) groups excluding carboxylic acids is 1. The zero-order valence-electron chi connectivity index (χ0n) is 19.5. The average Bonchev–Trinajstić information content (AvgIpc) is 2.83. The van der Waals surface area contributed by atoms with Gasteiger partial charge in [0.05, 0.1) is 33.2 Å². The molecule has 1 N–H and O–H groups in total. The summed E-state index contributed by atoms with van der Waals surface area (Å²) in [5, 5.41) is 13.1. The van der Waals surface area contributed by atoms with Gasteiger partial charge in [0.25, 0.3) is 15.7 Å². The van der Waals surface area contributed by atoms with Crippen LogP contribution in [0.5, 0.6) is 5.75 Å². The summed E-state index contributed by atoms with van der Waals surface area (Å²) in [6, 6.07) is 9.75. The van der Waals surface area contributed by atoms with Gasteiger partial charge in [-0.2, -0.15) is 13.2 Å². The van der Waals surface area contributed by atoms with Gasteiger partial charge in [0.15, 0.2) is 0 Å². The molecule has 0 aliphatic rings. The quantitative estimate of drug-likeness (QED) is 0.251. The first-order valence-electron chi connectivity index (χ1n) is 10.4. The first-order chi connectivity index (χ1) is 17.6. The number of carbonyl (C=O) groups is 1. The van der Waals surface area contributed by atoms with Crippen LogP contribution in [-0.2, 0) is 21.0 Å². The summed E-state index contributed by atoms with van der Waals surface area (Å²) in [6.45, 7) is 0.464. The number of hydrogen-bond acceptors (Lipinski definition) is 6. The van der Waals surface area contributed by atoms with Gasteiger partial charge in [0.2, 0.25) is 5.91 Å². The number of hydrogen-bond donors (Lipinski definition) is 1. The summed E-state index contributed by atoms with van der Waals surface area (Å²) in [4.78, 5) is 23.0.